The second kappa shape index (κ2) is 7.52. The summed E-state index contributed by atoms with van der Waals surface area (Å²) in [5, 5.41) is 7.86. The van der Waals surface area contributed by atoms with Gasteiger partial charge in [-0.1, -0.05) is 11.8 Å². The third-order valence-electron chi connectivity index (χ3n) is 3.38. The zero-order valence-corrected chi connectivity index (χ0v) is 13.9. The highest BCUT2D eigenvalue weighted by Gasteiger charge is 2.21. The number of Topliss-reactive ketones (excluding diaryl/α,β-unsaturated/α-hetero) is 1. The van der Waals surface area contributed by atoms with E-state index in [0.717, 1.165) is 23.9 Å². The van der Waals surface area contributed by atoms with E-state index in [9.17, 15) is 18.4 Å². The van der Waals surface area contributed by atoms with Gasteiger partial charge in [0.1, 0.15) is 5.82 Å². The van der Waals surface area contributed by atoms with Gasteiger partial charge < -0.3 is 10.3 Å². The van der Waals surface area contributed by atoms with E-state index in [0.29, 0.717) is 17.4 Å². The predicted molar refractivity (Wildman–Crippen MR) is 84.5 cm³/mol. The molecular formula is C15H16F2N4O2S. The van der Waals surface area contributed by atoms with Crippen molar-refractivity contribution in [3.8, 4) is 0 Å². The van der Waals surface area contributed by atoms with Gasteiger partial charge in [-0.3, -0.25) is 9.59 Å². The normalized spacial score (nSPS) is 12.2. The largest absolute Gasteiger partial charge is 0.370 e. The fraction of sp³-hybridized carbons (Fsp3) is 0.333. The molecule has 1 aromatic carbocycles. The predicted octanol–water partition coefficient (Wildman–Crippen LogP) is 1.87. The minimum atomic E-state index is -1.06. The Labute approximate surface area is 141 Å². The molecule has 9 heteroatoms. The summed E-state index contributed by atoms with van der Waals surface area (Å²) in [6.45, 7) is 1.64. The number of aryl methyl sites for hydroxylation is 1. The highest BCUT2D eigenvalue weighted by Crippen LogP contribution is 2.25. The molecule has 1 atom stereocenters. The third-order valence-corrected chi connectivity index (χ3v) is 4.51. The second-order valence-corrected chi connectivity index (χ2v) is 6.49. The van der Waals surface area contributed by atoms with Crippen molar-refractivity contribution in [2.24, 2.45) is 12.8 Å². The fourth-order valence-corrected chi connectivity index (χ4v) is 2.91. The number of aromatic nitrogens is 3. The molecule has 24 heavy (non-hydrogen) atoms. The number of nitrogens with zero attached hydrogens (tertiary/aromatic N) is 3. The average Bonchev–Trinajstić information content (AvgIpc) is 2.87. The number of ketones is 1. The van der Waals surface area contributed by atoms with Gasteiger partial charge in [0, 0.05) is 25.5 Å². The molecular weight excluding hydrogens is 338 g/mol. The van der Waals surface area contributed by atoms with E-state index in [1.165, 1.54) is 6.07 Å². The molecule has 1 heterocycles. The Balaban J connectivity index is 2.08. The first-order chi connectivity index (χ1) is 11.3. The molecule has 2 N–H and O–H groups in total. The van der Waals surface area contributed by atoms with E-state index in [1.54, 1.807) is 18.5 Å². The molecule has 1 amide bonds. The molecule has 0 bridgehead atoms. The molecule has 128 valence electrons. The van der Waals surface area contributed by atoms with Crippen molar-refractivity contribution in [3.63, 3.8) is 0 Å². The summed E-state index contributed by atoms with van der Waals surface area (Å²) in [4.78, 5) is 23.1. The molecule has 0 spiro atoms. The molecule has 0 aliphatic rings. The quantitative estimate of drug-likeness (QED) is 0.605. The number of rotatable bonds is 7. The van der Waals surface area contributed by atoms with E-state index in [2.05, 4.69) is 10.2 Å². The van der Waals surface area contributed by atoms with Crippen LogP contribution in [0, 0.1) is 11.6 Å². The first kappa shape index (κ1) is 18.1. The lowest BCUT2D eigenvalue weighted by atomic mass is 10.1. The third kappa shape index (κ3) is 4.16. The number of primary amides is 1. The first-order valence-corrected chi connectivity index (χ1v) is 8.00. The van der Waals surface area contributed by atoms with E-state index < -0.39 is 22.8 Å². The number of nitrogens with two attached hydrogens (primary N) is 1. The molecule has 0 saturated heterocycles. The zero-order valence-electron chi connectivity index (χ0n) is 13.1. The van der Waals surface area contributed by atoms with Crippen molar-refractivity contribution in [2.75, 3.05) is 0 Å². The van der Waals surface area contributed by atoms with Gasteiger partial charge in [0.05, 0.1) is 5.25 Å². The van der Waals surface area contributed by atoms with Crippen molar-refractivity contribution in [1.29, 1.82) is 0 Å². The zero-order chi connectivity index (χ0) is 17.9. The molecule has 2 rings (SSSR count). The SMILES string of the molecule is C[C@H](Sc1nnc(CCC(N)=O)n1C)C(=O)c1ccc(F)c(F)c1. The molecule has 0 radical (unpaired) electrons. The van der Waals surface area contributed by atoms with Crippen LogP contribution in [0.5, 0.6) is 0 Å². The maximum absolute atomic E-state index is 13.2. The van der Waals surface area contributed by atoms with E-state index in [4.69, 9.17) is 5.73 Å². The van der Waals surface area contributed by atoms with Crippen molar-refractivity contribution < 1.29 is 18.4 Å². The maximum atomic E-state index is 13.2. The molecule has 0 aliphatic carbocycles. The van der Waals surface area contributed by atoms with Crippen LogP contribution in [-0.2, 0) is 18.3 Å². The maximum Gasteiger partial charge on any atom is 0.217 e. The standard InChI is InChI=1S/C15H16F2N4O2S/c1-8(14(23)9-3-4-10(16)11(17)7-9)24-15-20-19-13(21(15)2)6-5-12(18)22/h3-4,7-8H,5-6H2,1-2H3,(H2,18,22)/t8-/m0/s1. The summed E-state index contributed by atoms with van der Waals surface area (Å²) < 4.78 is 27.9. The van der Waals surface area contributed by atoms with Crippen molar-refractivity contribution in [2.45, 2.75) is 30.2 Å². The molecule has 0 saturated carbocycles. The number of hydrogen-bond donors (Lipinski definition) is 1. The van der Waals surface area contributed by atoms with Gasteiger partial charge in [-0.2, -0.15) is 0 Å². The van der Waals surface area contributed by atoms with Crippen LogP contribution in [0.15, 0.2) is 23.4 Å². The van der Waals surface area contributed by atoms with Gasteiger partial charge in [-0.05, 0) is 25.1 Å². The second-order valence-electron chi connectivity index (χ2n) is 5.18. The lowest BCUT2D eigenvalue weighted by Crippen LogP contribution is -2.15. The van der Waals surface area contributed by atoms with Crippen LogP contribution in [0.1, 0.15) is 29.5 Å². The van der Waals surface area contributed by atoms with Crippen molar-refractivity contribution in [3.05, 3.63) is 41.2 Å². The monoisotopic (exact) mass is 354 g/mol. The van der Waals surface area contributed by atoms with Gasteiger partial charge in [0.15, 0.2) is 22.6 Å². The smallest absolute Gasteiger partial charge is 0.217 e. The van der Waals surface area contributed by atoms with E-state index >= 15 is 0 Å². The van der Waals surface area contributed by atoms with Gasteiger partial charge in [0.2, 0.25) is 5.91 Å². The van der Waals surface area contributed by atoms with Crippen LogP contribution < -0.4 is 5.73 Å². The molecule has 0 unspecified atom stereocenters. The lowest BCUT2D eigenvalue weighted by molar-refractivity contribution is -0.118. The van der Waals surface area contributed by atoms with Crippen LogP contribution in [-0.4, -0.2) is 31.7 Å². The summed E-state index contributed by atoms with van der Waals surface area (Å²) >= 11 is 1.15. The molecule has 0 fully saturated rings. The number of carbonyl (C=O) groups excluding carboxylic acids is 2. The Morgan fingerprint density at radius 3 is 2.62 bits per heavy atom. The number of halogens is 2. The minimum absolute atomic E-state index is 0.0880. The number of thioether (sulfide) groups is 1. The van der Waals surface area contributed by atoms with Crippen LogP contribution in [0.2, 0.25) is 0 Å². The van der Waals surface area contributed by atoms with E-state index in [1.807, 2.05) is 0 Å². The minimum Gasteiger partial charge on any atom is -0.370 e. The molecule has 6 nitrogen and oxygen atoms in total. The van der Waals surface area contributed by atoms with Crippen LogP contribution in [0.3, 0.4) is 0 Å². The molecule has 1 aromatic heterocycles. The summed E-state index contributed by atoms with van der Waals surface area (Å²) in [6, 6.07) is 3.04. The highest BCUT2D eigenvalue weighted by atomic mass is 32.2. The summed E-state index contributed by atoms with van der Waals surface area (Å²) in [7, 11) is 1.72. The Hall–Kier alpha value is -2.29. The first-order valence-electron chi connectivity index (χ1n) is 7.12. The number of benzene rings is 1. The Morgan fingerprint density at radius 2 is 2.00 bits per heavy atom. The lowest BCUT2D eigenvalue weighted by Gasteiger charge is -2.10. The molecule has 0 aliphatic heterocycles. The average molecular weight is 354 g/mol. The van der Waals surface area contributed by atoms with Gasteiger partial charge in [-0.25, -0.2) is 8.78 Å². The van der Waals surface area contributed by atoms with Gasteiger partial charge in [0.25, 0.3) is 0 Å². The summed E-state index contributed by atoms with van der Waals surface area (Å²) in [5.74, 6) is -2.27. The Kier molecular flexibility index (Phi) is 5.66. The Bertz CT molecular complexity index is 779. The topological polar surface area (TPSA) is 90.9 Å². The summed E-state index contributed by atoms with van der Waals surface area (Å²) in [5.41, 5.74) is 5.19. The van der Waals surface area contributed by atoms with Crippen LogP contribution in [0.4, 0.5) is 8.78 Å². The Morgan fingerprint density at radius 1 is 1.29 bits per heavy atom. The van der Waals surface area contributed by atoms with Crippen molar-refractivity contribution in [1.82, 2.24) is 14.8 Å². The number of hydrogen-bond acceptors (Lipinski definition) is 5. The van der Waals surface area contributed by atoms with Crippen LogP contribution in [0.25, 0.3) is 0 Å². The highest BCUT2D eigenvalue weighted by molar-refractivity contribution is 8.00. The van der Waals surface area contributed by atoms with Crippen molar-refractivity contribution >= 4 is 23.5 Å². The van der Waals surface area contributed by atoms with E-state index in [-0.39, 0.29) is 17.8 Å². The van der Waals surface area contributed by atoms with Crippen LogP contribution >= 0.6 is 11.8 Å². The number of carbonyl (C=O) groups is 2. The van der Waals surface area contributed by atoms with Gasteiger partial charge in [-0.15, -0.1) is 10.2 Å². The number of amides is 1. The fourth-order valence-electron chi connectivity index (χ4n) is 2.00. The molecule has 2 aromatic rings. The van der Waals surface area contributed by atoms with Gasteiger partial charge >= 0.3 is 0 Å². The summed E-state index contributed by atoms with van der Waals surface area (Å²) in [6.07, 6.45) is 0.505.